The van der Waals surface area contributed by atoms with Crippen molar-refractivity contribution in [3.05, 3.63) is 73.6 Å². The molecule has 25 heavy (non-hydrogen) atoms. The molecule has 3 aromatic rings. The van der Waals surface area contributed by atoms with Crippen LogP contribution in [0.5, 0.6) is 0 Å². The number of fused-ring (bicyclic) bond motifs is 1. The van der Waals surface area contributed by atoms with E-state index in [9.17, 15) is 9.59 Å². The van der Waals surface area contributed by atoms with Gasteiger partial charge in [-0.25, -0.2) is 4.79 Å². The van der Waals surface area contributed by atoms with Crippen LogP contribution in [0.2, 0.25) is 0 Å². The maximum Gasteiger partial charge on any atom is 0.347 e. The molecule has 2 aromatic carbocycles. The summed E-state index contributed by atoms with van der Waals surface area (Å²) in [6.07, 6.45) is 0. The molecule has 0 radical (unpaired) electrons. The number of carbonyl (C=O) groups is 1. The van der Waals surface area contributed by atoms with Crippen LogP contribution >= 0.6 is 22.6 Å². The van der Waals surface area contributed by atoms with Gasteiger partial charge in [-0.05, 0) is 78.9 Å². The zero-order chi connectivity index (χ0) is 18.0. The average molecular weight is 447 g/mol. The van der Waals surface area contributed by atoms with E-state index in [1.165, 1.54) is 0 Å². The molecule has 0 spiro atoms. The Morgan fingerprint density at radius 1 is 1.04 bits per heavy atom. The highest BCUT2D eigenvalue weighted by molar-refractivity contribution is 14.1. The average Bonchev–Trinajstić information content (AvgIpc) is 2.62. The van der Waals surface area contributed by atoms with Crippen LogP contribution in [-0.2, 0) is 0 Å². The van der Waals surface area contributed by atoms with Crippen molar-refractivity contribution in [3.8, 4) is 0 Å². The lowest BCUT2D eigenvalue weighted by Crippen LogP contribution is -2.21. The summed E-state index contributed by atoms with van der Waals surface area (Å²) in [4.78, 5) is 27.1. The van der Waals surface area contributed by atoms with Crippen molar-refractivity contribution < 1.29 is 9.21 Å². The van der Waals surface area contributed by atoms with Crippen LogP contribution in [0.25, 0.3) is 11.0 Å². The fourth-order valence-corrected chi connectivity index (χ4v) is 3.16. The molecule has 128 valence electrons. The molecule has 0 unspecified atom stereocenters. The van der Waals surface area contributed by atoms with Gasteiger partial charge in [0.1, 0.15) is 11.1 Å². The second kappa shape index (κ2) is 7.39. The number of hydrogen-bond acceptors (Lipinski definition) is 4. The highest BCUT2D eigenvalue weighted by atomic mass is 127. The van der Waals surface area contributed by atoms with Gasteiger partial charge in [0, 0.05) is 39.4 Å². The Morgan fingerprint density at radius 2 is 1.72 bits per heavy atom. The number of anilines is 1. The van der Waals surface area contributed by atoms with Crippen LogP contribution in [0.3, 0.4) is 0 Å². The Kier molecular flexibility index (Phi) is 5.22. The summed E-state index contributed by atoms with van der Waals surface area (Å²) in [7, 11) is 0. The van der Waals surface area contributed by atoms with Gasteiger partial charge in [0.15, 0.2) is 5.78 Å². The monoisotopic (exact) mass is 447 g/mol. The number of benzene rings is 2. The molecule has 0 N–H and O–H groups in total. The first-order chi connectivity index (χ1) is 12.0. The molecule has 0 saturated carbocycles. The van der Waals surface area contributed by atoms with Gasteiger partial charge in [-0.1, -0.05) is 0 Å². The zero-order valence-electron chi connectivity index (χ0n) is 14.1. The van der Waals surface area contributed by atoms with Crippen LogP contribution in [0.15, 0.2) is 57.7 Å². The molecule has 0 aliphatic heterocycles. The van der Waals surface area contributed by atoms with Gasteiger partial charge in [-0.2, -0.15) is 0 Å². The third kappa shape index (κ3) is 3.61. The lowest BCUT2D eigenvalue weighted by atomic mass is 10.0. The normalized spacial score (nSPS) is 10.8. The molecule has 0 bridgehead atoms. The van der Waals surface area contributed by atoms with Gasteiger partial charge in [-0.3, -0.25) is 4.79 Å². The Labute approximate surface area is 159 Å². The smallest absolute Gasteiger partial charge is 0.347 e. The summed E-state index contributed by atoms with van der Waals surface area (Å²) in [6, 6.07) is 14.5. The van der Waals surface area contributed by atoms with Crippen molar-refractivity contribution >= 4 is 45.0 Å². The molecule has 4 nitrogen and oxygen atoms in total. The van der Waals surface area contributed by atoms with Gasteiger partial charge in [0.05, 0.1) is 0 Å². The van der Waals surface area contributed by atoms with Gasteiger partial charge >= 0.3 is 5.63 Å². The van der Waals surface area contributed by atoms with Crippen molar-refractivity contribution in [2.24, 2.45) is 0 Å². The molecule has 0 aliphatic rings. The Balaban J connectivity index is 2.05. The standard InChI is InChI=1S/C20H18INO3/c1-3-22(4-2)16-10-7-14-11-17(20(24)25-18(14)12-16)19(23)13-5-8-15(21)9-6-13/h5-12H,3-4H2,1-2H3. The van der Waals surface area contributed by atoms with Crippen LogP contribution in [0.1, 0.15) is 29.8 Å². The van der Waals surface area contributed by atoms with E-state index in [0.29, 0.717) is 11.1 Å². The Bertz CT molecular complexity index is 972. The first kappa shape index (κ1) is 17.7. The minimum Gasteiger partial charge on any atom is -0.422 e. The third-order valence-electron chi connectivity index (χ3n) is 4.20. The van der Waals surface area contributed by atoms with Crippen molar-refractivity contribution in [1.29, 1.82) is 0 Å². The van der Waals surface area contributed by atoms with Crippen LogP contribution in [0, 0.1) is 3.57 Å². The van der Waals surface area contributed by atoms with Crippen molar-refractivity contribution in [3.63, 3.8) is 0 Å². The lowest BCUT2D eigenvalue weighted by Gasteiger charge is -2.20. The highest BCUT2D eigenvalue weighted by Crippen LogP contribution is 2.22. The second-order valence-corrected chi connectivity index (χ2v) is 6.92. The number of ketones is 1. The van der Waals surface area contributed by atoms with Crippen molar-refractivity contribution in [1.82, 2.24) is 0 Å². The molecule has 0 atom stereocenters. The third-order valence-corrected chi connectivity index (χ3v) is 4.92. The number of halogens is 1. The predicted molar refractivity (Wildman–Crippen MR) is 109 cm³/mol. The molecule has 1 heterocycles. The van der Waals surface area contributed by atoms with Gasteiger partial charge in [0.25, 0.3) is 0 Å². The topological polar surface area (TPSA) is 50.5 Å². The molecule has 3 rings (SSSR count). The Hall–Kier alpha value is -2.15. The molecular weight excluding hydrogens is 429 g/mol. The largest absolute Gasteiger partial charge is 0.422 e. The first-order valence-corrected chi connectivity index (χ1v) is 9.24. The quantitative estimate of drug-likeness (QED) is 0.329. The lowest BCUT2D eigenvalue weighted by molar-refractivity contribution is 0.103. The predicted octanol–water partition coefficient (Wildman–Crippen LogP) is 4.47. The molecule has 0 fully saturated rings. The molecule has 0 aliphatic carbocycles. The highest BCUT2D eigenvalue weighted by Gasteiger charge is 2.16. The maximum atomic E-state index is 12.6. The van der Waals surface area contributed by atoms with Crippen molar-refractivity contribution in [2.75, 3.05) is 18.0 Å². The summed E-state index contributed by atoms with van der Waals surface area (Å²) in [5, 5.41) is 0.740. The molecule has 0 saturated heterocycles. The summed E-state index contributed by atoms with van der Waals surface area (Å²) in [5.41, 5.74) is 1.43. The number of hydrogen-bond donors (Lipinski definition) is 0. The molecule has 5 heteroatoms. The van der Waals surface area contributed by atoms with E-state index < -0.39 is 5.63 Å². The Morgan fingerprint density at radius 3 is 2.36 bits per heavy atom. The van der Waals surface area contributed by atoms with Gasteiger partial charge in [-0.15, -0.1) is 0 Å². The van der Waals surface area contributed by atoms with Crippen molar-refractivity contribution in [2.45, 2.75) is 13.8 Å². The maximum absolute atomic E-state index is 12.6. The van der Waals surface area contributed by atoms with E-state index in [2.05, 4.69) is 41.3 Å². The van der Waals surface area contributed by atoms with E-state index in [1.54, 1.807) is 18.2 Å². The minimum absolute atomic E-state index is 0.0595. The van der Waals surface area contributed by atoms with E-state index in [4.69, 9.17) is 4.42 Å². The molecule has 1 aromatic heterocycles. The van der Waals surface area contributed by atoms with E-state index in [-0.39, 0.29) is 11.3 Å². The van der Waals surface area contributed by atoms with Gasteiger partial charge in [0.2, 0.25) is 0 Å². The number of carbonyl (C=O) groups excluding carboxylic acids is 1. The zero-order valence-corrected chi connectivity index (χ0v) is 16.2. The van der Waals surface area contributed by atoms with Crippen LogP contribution < -0.4 is 10.5 Å². The van der Waals surface area contributed by atoms with Gasteiger partial charge < -0.3 is 9.32 Å². The second-order valence-electron chi connectivity index (χ2n) is 5.68. The van der Waals surface area contributed by atoms with E-state index in [0.717, 1.165) is 27.7 Å². The summed E-state index contributed by atoms with van der Waals surface area (Å²) in [5.74, 6) is -0.320. The fraction of sp³-hybridized carbons (Fsp3) is 0.200. The van der Waals surface area contributed by atoms with E-state index >= 15 is 0 Å². The summed E-state index contributed by atoms with van der Waals surface area (Å²) < 4.78 is 6.47. The van der Waals surface area contributed by atoms with Crippen LogP contribution in [0.4, 0.5) is 5.69 Å². The number of nitrogens with zero attached hydrogens (tertiary/aromatic N) is 1. The SMILES string of the molecule is CCN(CC)c1ccc2cc(C(=O)c3ccc(I)cc3)c(=O)oc2c1. The van der Waals surface area contributed by atoms with E-state index in [1.807, 2.05) is 30.3 Å². The molecule has 0 amide bonds. The summed E-state index contributed by atoms with van der Waals surface area (Å²) in [6.45, 7) is 5.89. The van der Waals surface area contributed by atoms with Crippen LogP contribution in [-0.4, -0.2) is 18.9 Å². The first-order valence-electron chi connectivity index (χ1n) is 8.16. The fourth-order valence-electron chi connectivity index (χ4n) is 2.80. The minimum atomic E-state index is -0.604. The summed E-state index contributed by atoms with van der Waals surface area (Å²) >= 11 is 2.17. The number of rotatable bonds is 5. The molecular formula is C20H18INO3.